The third-order valence-corrected chi connectivity index (χ3v) is 5.36. The van der Waals surface area contributed by atoms with Crippen molar-refractivity contribution in [2.75, 3.05) is 23.3 Å². The molecule has 2 heterocycles. The van der Waals surface area contributed by atoms with Crippen molar-refractivity contribution >= 4 is 11.4 Å². The molecular weight excluding hydrogens is 355 g/mol. The van der Waals surface area contributed by atoms with Crippen molar-refractivity contribution in [2.45, 2.75) is 32.4 Å². The molecule has 0 unspecified atom stereocenters. The summed E-state index contributed by atoms with van der Waals surface area (Å²) in [6.45, 7) is 4.01. The second-order valence-electron chi connectivity index (χ2n) is 7.27. The molecule has 4 nitrogen and oxygen atoms in total. The maximum Gasteiger partial charge on any atom is 0.134 e. The van der Waals surface area contributed by atoms with E-state index in [0.29, 0.717) is 17.9 Å². The lowest BCUT2D eigenvalue weighted by Gasteiger charge is -2.32. The van der Waals surface area contributed by atoms with Gasteiger partial charge < -0.3 is 19.7 Å². The molecule has 28 heavy (non-hydrogen) atoms. The zero-order valence-electron chi connectivity index (χ0n) is 16.0. The molecule has 0 spiro atoms. The average Bonchev–Trinajstić information content (AvgIpc) is 3.18. The zero-order valence-corrected chi connectivity index (χ0v) is 16.0. The summed E-state index contributed by atoms with van der Waals surface area (Å²) in [6.07, 6.45) is 1.40. The molecule has 1 aliphatic rings. The van der Waals surface area contributed by atoms with Gasteiger partial charge in [0, 0.05) is 18.7 Å². The number of hydrogen-bond donors (Lipinski definition) is 2. The molecule has 0 radical (unpaired) electrons. The van der Waals surface area contributed by atoms with E-state index in [0.717, 1.165) is 48.6 Å². The highest BCUT2D eigenvalue weighted by Gasteiger charge is 2.19. The van der Waals surface area contributed by atoms with Crippen molar-refractivity contribution in [3.63, 3.8) is 0 Å². The predicted octanol–water partition coefficient (Wildman–Crippen LogP) is 4.97. The van der Waals surface area contributed by atoms with Gasteiger partial charge in [0.05, 0.1) is 24.0 Å². The number of benzene rings is 2. The minimum absolute atomic E-state index is 0.191. The largest absolute Gasteiger partial charge is 0.459 e. The molecule has 3 aromatic rings. The molecule has 0 atom stereocenters. The normalized spacial score (nSPS) is 15.0. The van der Waals surface area contributed by atoms with E-state index in [1.807, 2.05) is 30.3 Å². The first-order valence-corrected chi connectivity index (χ1v) is 9.72. The van der Waals surface area contributed by atoms with Gasteiger partial charge in [-0.1, -0.05) is 24.3 Å². The molecule has 2 N–H and O–H groups in total. The van der Waals surface area contributed by atoms with E-state index in [2.05, 4.69) is 22.3 Å². The maximum atomic E-state index is 13.8. The molecule has 146 valence electrons. The predicted molar refractivity (Wildman–Crippen MR) is 110 cm³/mol. The number of anilines is 2. The van der Waals surface area contributed by atoms with Crippen LogP contribution in [0, 0.1) is 12.7 Å². The molecule has 1 aromatic heterocycles. The Kier molecular flexibility index (Phi) is 5.35. The van der Waals surface area contributed by atoms with Gasteiger partial charge >= 0.3 is 0 Å². The molecule has 4 rings (SSSR count). The van der Waals surface area contributed by atoms with Crippen LogP contribution in [-0.2, 0) is 6.54 Å². The Balaban J connectivity index is 1.47. The Morgan fingerprint density at radius 2 is 1.86 bits per heavy atom. The first kappa shape index (κ1) is 18.6. The smallest absolute Gasteiger partial charge is 0.134 e. The maximum absolute atomic E-state index is 13.8. The molecule has 0 amide bonds. The number of nitrogens with one attached hydrogen (secondary N) is 1. The Hall–Kier alpha value is -2.79. The van der Waals surface area contributed by atoms with Crippen molar-refractivity contribution in [1.82, 2.24) is 0 Å². The van der Waals surface area contributed by atoms with Crippen LogP contribution in [0.3, 0.4) is 0 Å². The van der Waals surface area contributed by atoms with E-state index in [-0.39, 0.29) is 11.9 Å². The Bertz CT molecular complexity index is 945. The fourth-order valence-electron chi connectivity index (χ4n) is 3.68. The number of nitrogens with zero attached hydrogens (tertiary/aromatic N) is 1. The molecule has 1 fully saturated rings. The molecular formula is C23H25FN2O2. The van der Waals surface area contributed by atoms with Crippen molar-refractivity contribution in [3.05, 3.63) is 71.7 Å². The minimum atomic E-state index is -0.228. The number of hydrogen-bond acceptors (Lipinski definition) is 4. The number of rotatable bonds is 5. The topological polar surface area (TPSA) is 48.6 Å². The number of aliphatic hydroxyl groups excluding tert-OH is 1. The lowest BCUT2D eigenvalue weighted by molar-refractivity contribution is 0.145. The number of para-hydroxylation sites is 2. The van der Waals surface area contributed by atoms with Gasteiger partial charge in [-0.3, -0.25) is 0 Å². The highest BCUT2D eigenvalue weighted by molar-refractivity contribution is 5.70. The standard InChI is InChI=1S/C23H25FN2O2/c1-16-19(5-4-6-20(16)24)23-10-9-18(28-23)15-25-21-7-2-3-8-22(21)26-13-11-17(27)12-14-26/h2-10,17,25,27H,11-15H2,1H3. The highest BCUT2D eigenvalue weighted by Crippen LogP contribution is 2.30. The van der Waals surface area contributed by atoms with Crippen molar-refractivity contribution in [3.8, 4) is 11.3 Å². The van der Waals surface area contributed by atoms with Crippen LogP contribution < -0.4 is 10.2 Å². The van der Waals surface area contributed by atoms with Crippen molar-refractivity contribution in [1.29, 1.82) is 0 Å². The van der Waals surface area contributed by atoms with E-state index in [1.165, 1.54) is 6.07 Å². The lowest BCUT2D eigenvalue weighted by Crippen LogP contribution is -2.36. The Labute approximate surface area is 164 Å². The van der Waals surface area contributed by atoms with E-state index >= 15 is 0 Å². The summed E-state index contributed by atoms with van der Waals surface area (Å²) in [4.78, 5) is 2.30. The average molecular weight is 380 g/mol. The first-order chi connectivity index (χ1) is 13.6. The summed E-state index contributed by atoms with van der Waals surface area (Å²) in [5, 5.41) is 13.2. The first-order valence-electron chi connectivity index (χ1n) is 9.72. The molecule has 0 aliphatic carbocycles. The van der Waals surface area contributed by atoms with Crippen LogP contribution >= 0.6 is 0 Å². The fourth-order valence-corrected chi connectivity index (χ4v) is 3.68. The van der Waals surface area contributed by atoms with Gasteiger partial charge in [0.25, 0.3) is 0 Å². The van der Waals surface area contributed by atoms with Crippen LogP contribution in [0.15, 0.2) is 59.0 Å². The van der Waals surface area contributed by atoms with Crippen LogP contribution in [0.25, 0.3) is 11.3 Å². The Morgan fingerprint density at radius 3 is 2.68 bits per heavy atom. The van der Waals surface area contributed by atoms with E-state index in [9.17, 15) is 9.50 Å². The van der Waals surface area contributed by atoms with Gasteiger partial charge in [0.1, 0.15) is 17.3 Å². The van der Waals surface area contributed by atoms with E-state index in [4.69, 9.17) is 4.42 Å². The van der Waals surface area contributed by atoms with Gasteiger partial charge in [-0.15, -0.1) is 0 Å². The van der Waals surface area contributed by atoms with Gasteiger partial charge in [0.15, 0.2) is 0 Å². The van der Waals surface area contributed by atoms with Gasteiger partial charge in [-0.2, -0.15) is 0 Å². The summed E-state index contributed by atoms with van der Waals surface area (Å²) in [7, 11) is 0. The second-order valence-corrected chi connectivity index (χ2v) is 7.27. The Morgan fingerprint density at radius 1 is 1.07 bits per heavy atom. The monoisotopic (exact) mass is 380 g/mol. The number of furan rings is 1. The quantitative estimate of drug-likeness (QED) is 0.656. The summed E-state index contributed by atoms with van der Waals surface area (Å²) in [5.74, 6) is 1.24. The van der Waals surface area contributed by atoms with Crippen molar-refractivity contribution < 1.29 is 13.9 Å². The lowest BCUT2D eigenvalue weighted by atomic mass is 10.1. The van der Waals surface area contributed by atoms with Crippen LogP contribution in [0.5, 0.6) is 0 Å². The zero-order chi connectivity index (χ0) is 19.5. The number of halogens is 1. The molecule has 1 aliphatic heterocycles. The van der Waals surface area contributed by atoms with Crippen LogP contribution in [0.2, 0.25) is 0 Å². The molecule has 5 heteroatoms. The summed E-state index contributed by atoms with van der Waals surface area (Å²) < 4.78 is 19.8. The van der Waals surface area contributed by atoms with Gasteiger partial charge in [0.2, 0.25) is 0 Å². The van der Waals surface area contributed by atoms with Gasteiger partial charge in [-0.25, -0.2) is 4.39 Å². The van der Waals surface area contributed by atoms with Gasteiger partial charge in [-0.05, 0) is 55.7 Å². The molecule has 2 aromatic carbocycles. The third kappa shape index (κ3) is 3.90. The minimum Gasteiger partial charge on any atom is -0.459 e. The SMILES string of the molecule is Cc1c(F)cccc1-c1ccc(CNc2ccccc2N2CCC(O)CC2)o1. The van der Waals surface area contributed by atoms with Crippen molar-refractivity contribution in [2.24, 2.45) is 0 Å². The van der Waals surface area contributed by atoms with Crippen LogP contribution in [0.4, 0.5) is 15.8 Å². The summed E-state index contributed by atoms with van der Waals surface area (Å²) in [5.41, 5.74) is 3.55. The van der Waals surface area contributed by atoms with Crippen LogP contribution in [0.1, 0.15) is 24.2 Å². The van der Waals surface area contributed by atoms with E-state index in [1.54, 1.807) is 13.0 Å². The number of aliphatic hydroxyl groups is 1. The summed E-state index contributed by atoms with van der Waals surface area (Å²) >= 11 is 0. The second kappa shape index (κ2) is 8.07. The fraction of sp³-hybridized carbons (Fsp3) is 0.304. The summed E-state index contributed by atoms with van der Waals surface area (Å²) in [6, 6.07) is 17.0. The highest BCUT2D eigenvalue weighted by atomic mass is 19.1. The molecule has 0 bridgehead atoms. The molecule has 0 saturated carbocycles. The third-order valence-electron chi connectivity index (χ3n) is 5.36. The van der Waals surface area contributed by atoms with E-state index < -0.39 is 0 Å². The van der Waals surface area contributed by atoms with Crippen LogP contribution in [-0.4, -0.2) is 24.3 Å². The molecule has 1 saturated heterocycles. The number of piperidine rings is 1.